The minimum atomic E-state index is -0.274. The normalized spacial score (nSPS) is 11.0. The molecular formula is C9H5Cl2FS. The highest BCUT2D eigenvalue weighted by Crippen LogP contribution is 2.31. The second-order valence-electron chi connectivity index (χ2n) is 2.66. The van der Waals surface area contributed by atoms with Crippen LogP contribution in [0.4, 0.5) is 4.39 Å². The molecule has 1 aromatic heterocycles. The van der Waals surface area contributed by atoms with E-state index in [1.165, 1.54) is 17.4 Å². The summed E-state index contributed by atoms with van der Waals surface area (Å²) in [5.41, 5.74) is 0.933. The molecule has 0 spiro atoms. The van der Waals surface area contributed by atoms with Gasteiger partial charge in [-0.1, -0.05) is 11.6 Å². The van der Waals surface area contributed by atoms with Gasteiger partial charge >= 0.3 is 0 Å². The van der Waals surface area contributed by atoms with Crippen LogP contribution in [-0.2, 0) is 5.88 Å². The Kier molecular flexibility index (Phi) is 2.45. The Morgan fingerprint density at radius 1 is 1.38 bits per heavy atom. The third-order valence-corrected chi connectivity index (χ3v) is 3.38. The third kappa shape index (κ3) is 1.54. The van der Waals surface area contributed by atoms with Crippen LogP contribution < -0.4 is 0 Å². The zero-order valence-corrected chi connectivity index (χ0v) is 8.81. The average molecular weight is 235 g/mol. The molecule has 13 heavy (non-hydrogen) atoms. The quantitative estimate of drug-likeness (QED) is 0.641. The van der Waals surface area contributed by atoms with Crippen molar-refractivity contribution in [3.05, 3.63) is 33.9 Å². The molecule has 0 aliphatic carbocycles. The lowest BCUT2D eigenvalue weighted by molar-refractivity contribution is 0.642. The summed E-state index contributed by atoms with van der Waals surface area (Å²) in [6, 6.07) is 3.06. The third-order valence-electron chi connectivity index (χ3n) is 1.82. The van der Waals surface area contributed by atoms with Crippen LogP contribution >= 0.6 is 34.5 Å². The molecule has 0 saturated carbocycles. The van der Waals surface area contributed by atoms with Gasteiger partial charge in [-0.3, -0.25) is 0 Å². The van der Waals surface area contributed by atoms with Crippen molar-refractivity contribution in [3.8, 4) is 0 Å². The van der Waals surface area contributed by atoms with Crippen molar-refractivity contribution in [2.24, 2.45) is 0 Å². The Morgan fingerprint density at radius 2 is 2.15 bits per heavy atom. The summed E-state index contributed by atoms with van der Waals surface area (Å²) in [5, 5.41) is 3.09. The lowest BCUT2D eigenvalue weighted by Gasteiger charge is -1.96. The molecule has 68 valence electrons. The highest BCUT2D eigenvalue weighted by molar-refractivity contribution is 7.17. The SMILES string of the molecule is Fc1cc(Cl)cc2c(CCl)csc12. The maximum atomic E-state index is 13.3. The van der Waals surface area contributed by atoms with Crippen molar-refractivity contribution in [2.75, 3.05) is 0 Å². The molecule has 2 aromatic rings. The Hall–Kier alpha value is -0.310. The summed E-state index contributed by atoms with van der Waals surface area (Å²) in [6.45, 7) is 0. The van der Waals surface area contributed by atoms with Crippen molar-refractivity contribution in [1.29, 1.82) is 0 Å². The predicted octanol–water partition coefficient (Wildman–Crippen LogP) is 4.43. The van der Waals surface area contributed by atoms with Crippen LogP contribution in [0, 0.1) is 5.82 Å². The predicted molar refractivity (Wildman–Crippen MR) is 56.4 cm³/mol. The molecule has 0 aliphatic heterocycles. The molecule has 0 saturated heterocycles. The van der Waals surface area contributed by atoms with Crippen LogP contribution in [0.1, 0.15) is 5.56 Å². The summed E-state index contributed by atoms with van der Waals surface area (Å²) < 4.78 is 13.9. The van der Waals surface area contributed by atoms with Crippen LogP contribution in [0.3, 0.4) is 0 Å². The summed E-state index contributed by atoms with van der Waals surface area (Å²) in [5.74, 6) is 0.114. The number of hydrogen-bond donors (Lipinski definition) is 0. The number of hydrogen-bond acceptors (Lipinski definition) is 1. The first-order chi connectivity index (χ1) is 6.22. The molecule has 4 heteroatoms. The number of rotatable bonds is 1. The molecule has 2 rings (SSSR count). The first kappa shape index (κ1) is 9.25. The van der Waals surface area contributed by atoms with E-state index in [9.17, 15) is 4.39 Å². The zero-order valence-electron chi connectivity index (χ0n) is 6.48. The molecule has 0 radical (unpaired) electrons. The fourth-order valence-electron chi connectivity index (χ4n) is 1.22. The van der Waals surface area contributed by atoms with E-state index in [-0.39, 0.29) is 5.82 Å². The van der Waals surface area contributed by atoms with Gasteiger partial charge in [0.1, 0.15) is 5.82 Å². The molecular weight excluding hydrogens is 230 g/mol. The maximum Gasteiger partial charge on any atom is 0.142 e. The minimum absolute atomic E-state index is 0.274. The topological polar surface area (TPSA) is 0 Å². The van der Waals surface area contributed by atoms with Crippen molar-refractivity contribution in [2.45, 2.75) is 5.88 Å². The van der Waals surface area contributed by atoms with E-state index in [0.717, 1.165) is 10.9 Å². The minimum Gasteiger partial charge on any atom is -0.205 e. The number of halogens is 3. The van der Waals surface area contributed by atoms with Gasteiger partial charge in [0, 0.05) is 16.3 Å². The Labute approximate surface area is 88.9 Å². The van der Waals surface area contributed by atoms with Gasteiger partial charge in [-0.05, 0) is 23.1 Å². The van der Waals surface area contributed by atoms with Crippen LogP contribution in [0.15, 0.2) is 17.5 Å². The standard InChI is InChI=1S/C9H5Cl2FS/c10-3-5-4-13-9-7(5)1-6(11)2-8(9)12/h1-2,4H,3H2. The maximum absolute atomic E-state index is 13.3. The van der Waals surface area contributed by atoms with E-state index in [1.54, 1.807) is 6.07 Å². The molecule has 0 nitrogen and oxygen atoms in total. The van der Waals surface area contributed by atoms with E-state index in [4.69, 9.17) is 23.2 Å². The van der Waals surface area contributed by atoms with Gasteiger partial charge < -0.3 is 0 Å². The van der Waals surface area contributed by atoms with Gasteiger partial charge in [-0.2, -0.15) is 0 Å². The van der Waals surface area contributed by atoms with Gasteiger partial charge in [-0.15, -0.1) is 22.9 Å². The molecule has 1 aromatic carbocycles. The second kappa shape index (κ2) is 3.45. The van der Waals surface area contributed by atoms with E-state index >= 15 is 0 Å². The molecule has 0 amide bonds. The van der Waals surface area contributed by atoms with E-state index in [1.807, 2.05) is 5.38 Å². The largest absolute Gasteiger partial charge is 0.205 e. The van der Waals surface area contributed by atoms with Gasteiger partial charge in [0.05, 0.1) is 4.70 Å². The van der Waals surface area contributed by atoms with Crippen LogP contribution in [0.25, 0.3) is 10.1 Å². The summed E-state index contributed by atoms with van der Waals surface area (Å²) in [7, 11) is 0. The van der Waals surface area contributed by atoms with Gasteiger partial charge in [0.25, 0.3) is 0 Å². The van der Waals surface area contributed by atoms with Crippen LogP contribution in [-0.4, -0.2) is 0 Å². The molecule has 0 atom stereocenters. The summed E-state index contributed by atoms with van der Waals surface area (Å²) in [6.07, 6.45) is 0. The van der Waals surface area contributed by atoms with Crippen molar-refractivity contribution in [3.63, 3.8) is 0 Å². The summed E-state index contributed by atoms with van der Waals surface area (Å²) >= 11 is 12.8. The monoisotopic (exact) mass is 234 g/mol. The first-order valence-corrected chi connectivity index (χ1v) is 5.42. The molecule has 0 aliphatic rings. The van der Waals surface area contributed by atoms with E-state index < -0.39 is 0 Å². The highest BCUT2D eigenvalue weighted by atomic mass is 35.5. The Bertz CT molecular complexity index is 450. The number of thiophene rings is 1. The number of benzene rings is 1. The van der Waals surface area contributed by atoms with Crippen LogP contribution in [0.5, 0.6) is 0 Å². The van der Waals surface area contributed by atoms with Crippen LogP contribution in [0.2, 0.25) is 5.02 Å². The fraction of sp³-hybridized carbons (Fsp3) is 0.111. The Morgan fingerprint density at radius 3 is 2.85 bits per heavy atom. The fourth-order valence-corrected chi connectivity index (χ4v) is 2.69. The number of alkyl halides is 1. The molecule has 0 N–H and O–H groups in total. The van der Waals surface area contributed by atoms with Crippen molar-refractivity contribution in [1.82, 2.24) is 0 Å². The highest BCUT2D eigenvalue weighted by Gasteiger charge is 2.08. The van der Waals surface area contributed by atoms with E-state index in [2.05, 4.69) is 0 Å². The molecule has 0 unspecified atom stereocenters. The zero-order chi connectivity index (χ0) is 9.42. The van der Waals surface area contributed by atoms with Crippen molar-refractivity contribution < 1.29 is 4.39 Å². The smallest absolute Gasteiger partial charge is 0.142 e. The molecule has 1 heterocycles. The van der Waals surface area contributed by atoms with Crippen molar-refractivity contribution >= 4 is 44.6 Å². The lowest BCUT2D eigenvalue weighted by atomic mass is 10.2. The number of fused-ring (bicyclic) bond motifs is 1. The average Bonchev–Trinajstić information content (AvgIpc) is 2.47. The first-order valence-electron chi connectivity index (χ1n) is 3.63. The van der Waals surface area contributed by atoms with E-state index in [0.29, 0.717) is 15.6 Å². The Balaban J connectivity index is 2.82. The molecule has 0 fully saturated rings. The van der Waals surface area contributed by atoms with Gasteiger partial charge in [0.15, 0.2) is 0 Å². The summed E-state index contributed by atoms with van der Waals surface area (Å²) in [4.78, 5) is 0. The van der Waals surface area contributed by atoms with Gasteiger partial charge in [0.2, 0.25) is 0 Å². The lowest BCUT2D eigenvalue weighted by Crippen LogP contribution is -1.77. The van der Waals surface area contributed by atoms with Gasteiger partial charge in [-0.25, -0.2) is 4.39 Å². The molecule has 0 bridgehead atoms. The second-order valence-corrected chi connectivity index (χ2v) is 4.24.